The Labute approximate surface area is 69.4 Å². The van der Waals surface area contributed by atoms with E-state index in [1.807, 2.05) is 0 Å². The molecule has 0 radical (unpaired) electrons. The fourth-order valence-corrected chi connectivity index (χ4v) is 0. The van der Waals surface area contributed by atoms with Gasteiger partial charge in [-0.2, -0.15) is 0 Å². The third kappa shape index (κ3) is 297. The monoisotopic (exact) mass is 194 g/mol. The van der Waals surface area contributed by atoms with E-state index in [0.29, 0.717) is 0 Å². The molecule has 0 nitrogen and oxygen atoms in total. The van der Waals surface area contributed by atoms with Gasteiger partial charge in [0.2, 0.25) is 0 Å². The summed E-state index contributed by atoms with van der Waals surface area (Å²) in [6.07, 6.45) is 0. The second-order valence-electron chi connectivity index (χ2n) is 0.858. The Morgan fingerprint density at radius 1 is 1.38 bits per heavy atom. The summed E-state index contributed by atoms with van der Waals surface area (Å²) < 4.78 is 0.111. The summed E-state index contributed by atoms with van der Waals surface area (Å²) in [6, 6.07) is 0. The van der Waals surface area contributed by atoms with Gasteiger partial charge in [0.05, 0.1) is 4.49 Å². The zero-order chi connectivity index (χ0) is 7.15. The van der Waals surface area contributed by atoms with Crippen LogP contribution in [0.5, 0.6) is 0 Å². The minimum atomic E-state index is -0.222. The van der Waals surface area contributed by atoms with E-state index in [4.69, 9.17) is 46.4 Å². The first-order chi connectivity index (χ1) is 3.46. The van der Waals surface area contributed by atoms with Crippen LogP contribution in [0.2, 0.25) is 0 Å². The van der Waals surface area contributed by atoms with Crippen LogP contribution in [-0.4, -0.2) is 4.84 Å². The quantitative estimate of drug-likeness (QED) is 0.517. The third-order valence-corrected chi connectivity index (χ3v) is 0. The minimum Gasteiger partial charge on any atom is -0.106 e. The van der Waals surface area contributed by atoms with Crippen molar-refractivity contribution >= 4 is 46.4 Å². The summed E-state index contributed by atoms with van der Waals surface area (Å²) in [5.41, 5.74) is 0. The van der Waals surface area contributed by atoms with Crippen molar-refractivity contribution in [3.63, 3.8) is 0 Å². The SMILES string of the molecule is C=C(Cl)Cl.CC(Cl)Cl. The Kier molecular flexibility index (Phi) is 11.5. The molecule has 0 aliphatic heterocycles. The standard InChI is InChI=1S/C2H4Cl2.C2H2Cl2/c2*1-2(3)4/h2H,1H3;1H2. The van der Waals surface area contributed by atoms with Crippen LogP contribution in [0.3, 0.4) is 0 Å². The van der Waals surface area contributed by atoms with E-state index in [1.54, 1.807) is 6.92 Å². The fraction of sp³-hybridized carbons (Fsp3) is 0.500. The molecule has 0 fully saturated rings. The van der Waals surface area contributed by atoms with Crippen molar-refractivity contribution in [2.24, 2.45) is 0 Å². The van der Waals surface area contributed by atoms with Crippen LogP contribution in [0.15, 0.2) is 11.1 Å². The first kappa shape index (κ1) is 11.7. The van der Waals surface area contributed by atoms with Crippen molar-refractivity contribution in [1.29, 1.82) is 0 Å². The third-order valence-electron chi connectivity index (χ3n) is 0. The van der Waals surface area contributed by atoms with Gasteiger partial charge in [-0.15, -0.1) is 23.2 Å². The molecule has 4 heteroatoms. The number of hydrogen-bond donors (Lipinski definition) is 0. The van der Waals surface area contributed by atoms with Crippen LogP contribution in [-0.2, 0) is 0 Å². The smallest absolute Gasteiger partial charge is 0.105 e. The van der Waals surface area contributed by atoms with E-state index in [9.17, 15) is 0 Å². The fourth-order valence-electron chi connectivity index (χ4n) is 0. The van der Waals surface area contributed by atoms with Gasteiger partial charge in [0.15, 0.2) is 0 Å². The first-order valence-corrected chi connectivity index (χ1v) is 3.37. The van der Waals surface area contributed by atoms with Crippen molar-refractivity contribution < 1.29 is 0 Å². The molecule has 0 atom stereocenters. The average molecular weight is 196 g/mol. The molecular formula is C4H6Cl4. The van der Waals surface area contributed by atoms with Gasteiger partial charge >= 0.3 is 0 Å². The molecule has 0 aromatic carbocycles. The maximum absolute atomic E-state index is 5.04. The van der Waals surface area contributed by atoms with Gasteiger partial charge in [0.25, 0.3) is 0 Å². The molecule has 50 valence electrons. The molecule has 0 aromatic heterocycles. The largest absolute Gasteiger partial charge is 0.106 e. The van der Waals surface area contributed by atoms with Crippen molar-refractivity contribution in [2.45, 2.75) is 11.8 Å². The number of rotatable bonds is 0. The Balaban J connectivity index is 0. The van der Waals surface area contributed by atoms with Crippen LogP contribution in [0.1, 0.15) is 6.92 Å². The molecule has 0 bridgehead atoms. The molecule has 0 rings (SSSR count). The lowest BCUT2D eigenvalue weighted by atomic mass is 11.0. The number of halogens is 4. The molecule has 0 unspecified atom stereocenters. The lowest BCUT2D eigenvalue weighted by Crippen LogP contribution is -1.63. The minimum absolute atomic E-state index is 0.111. The molecule has 0 heterocycles. The van der Waals surface area contributed by atoms with Gasteiger partial charge < -0.3 is 0 Å². The van der Waals surface area contributed by atoms with E-state index in [1.165, 1.54) is 0 Å². The Morgan fingerprint density at radius 3 is 1.38 bits per heavy atom. The molecule has 0 amide bonds. The maximum Gasteiger partial charge on any atom is 0.105 e. The van der Waals surface area contributed by atoms with Crippen LogP contribution in [0.25, 0.3) is 0 Å². The summed E-state index contributed by atoms with van der Waals surface area (Å²) in [7, 11) is 0. The van der Waals surface area contributed by atoms with Crippen molar-refractivity contribution in [1.82, 2.24) is 0 Å². The first-order valence-electron chi connectivity index (χ1n) is 1.75. The lowest BCUT2D eigenvalue weighted by Gasteiger charge is -1.72. The Hall–Kier alpha value is 0.900. The zero-order valence-corrected chi connectivity index (χ0v) is 7.32. The van der Waals surface area contributed by atoms with Gasteiger partial charge in [0, 0.05) is 0 Å². The second-order valence-corrected chi connectivity index (χ2v) is 3.50. The molecule has 8 heavy (non-hydrogen) atoms. The van der Waals surface area contributed by atoms with Crippen LogP contribution in [0.4, 0.5) is 0 Å². The van der Waals surface area contributed by atoms with Crippen LogP contribution < -0.4 is 0 Å². The maximum atomic E-state index is 5.04. The summed E-state index contributed by atoms with van der Waals surface area (Å²) in [5, 5.41) is 0. The summed E-state index contributed by atoms with van der Waals surface area (Å²) >= 11 is 19.8. The Morgan fingerprint density at radius 2 is 1.38 bits per heavy atom. The summed E-state index contributed by atoms with van der Waals surface area (Å²) in [4.78, 5) is -0.222. The van der Waals surface area contributed by atoms with Crippen molar-refractivity contribution in [3.8, 4) is 0 Å². The summed E-state index contributed by atoms with van der Waals surface area (Å²) in [6.45, 7) is 4.78. The van der Waals surface area contributed by atoms with Crippen LogP contribution in [0, 0.1) is 0 Å². The molecule has 0 N–H and O–H groups in total. The highest BCUT2D eigenvalue weighted by Gasteiger charge is 1.75. The molecule has 0 aromatic rings. The topological polar surface area (TPSA) is 0 Å². The number of hydrogen-bond acceptors (Lipinski definition) is 0. The molecule has 0 saturated heterocycles. The van der Waals surface area contributed by atoms with Crippen LogP contribution >= 0.6 is 46.4 Å². The molecular weight excluding hydrogens is 190 g/mol. The van der Waals surface area contributed by atoms with E-state index < -0.39 is 0 Å². The highest BCUT2D eigenvalue weighted by molar-refractivity contribution is 6.55. The second kappa shape index (κ2) is 7.90. The van der Waals surface area contributed by atoms with Gasteiger partial charge in [-0.25, -0.2) is 0 Å². The lowest BCUT2D eigenvalue weighted by molar-refractivity contribution is 1.39. The molecule has 0 saturated carbocycles. The van der Waals surface area contributed by atoms with Crippen molar-refractivity contribution in [2.75, 3.05) is 0 Å². The molecule has 0 aliphatic carbocycles. The molecule has 0 spiro atoms. The average Bonchev–Trinajstić information content (AvgIpc) is 1.25. The van der Waals surface area contributed by atoms with E-state index in [2.05, 4.69) is 6.58 Å². The highest BCUT2D eigenvalue weighted by atomic mass is 35.5. The van der Waals surface area contributed by atoms with Gasteiger partial charge in [-0.3, -0.25) is 0 Å². The zero-order valence-electron chi connectivity index (χ0n) is 4.30. The van der Waals surface area contributed by atoms with Crippen molar-refractivity contribution in [3.05, 3.63) is 11.1 Å². The predicted octanol–water partition coefficient (Wildman–Crippen LogP) is 3.75. The molecule has 0 aliphatic rings. The van der Waals surface area contributed by atoms with E-state index >= 15 is 0 Å². The van der Waals surface area contributed by atoms with Gasteiger partial charge in [0.1, 0.15) is 4.84 Å². The highest BCUT2D eigenvalue weighted by Crippen LogP contribution is 1.98. The van der Waals surface area contributed by atoms with E-state index in [0.717, 1.165) is 0 Å². The number of alkyl halides is 2. The Bertz CT molecular complexity index is 52.3. The predicted molar refractivity (Wildman–Crippen MR) is 42.0 cm³/mol. The van der Waals surface area contributed by atoms with E-state index in [-0.39, 0.29) is 9.33 Å². The normalized spacial score (nSPS) is 7.75. The summed E-state index contributed by atoms with van der Waals surface area (Å²) in [5.74, 6) is 0. The van der Waals surface area contributed by atoms with Gasteiger partial charge in [-0.1, -0.05) is 29.8 Å². The van der Waals surface area contributed by atoms with Gasteiger partial charge in [-0.05, 0) is 6.92 Å².